The van der Waals surface area contributed by atoms with E-state index in [-0.39, 0.29) is 12.3 Å². The zero-order chi connectivity index (χ0) is 20.9. The summed E-state index contributed by atoms with van der Waals surface area (Å²) in [7, 11) is 0. The molecule has 1 aromatic carbocycles. The molecule has 1 fully saturated rings. The van der Waals surface area contributed by atoms with Gasteiger partial charge in [0, 0.05) is 0 Å². The van der Waals surface area contributed by atoms with Crippen LogP contribution >= 0.6 is 0 Å². The highest BCUT2D eigenvalue weighted by Crippen LogP contribution is 2.31. The molecule has 3 aliphatic rings. The summed E-state index contributed by atoms with van der Waals surface area (Å²) < 4.78 is 10.8. The third-order valence-electron chi connectivity index (χ3n) is 4.55. The van der Waals surface area contributed by atoms with Crippen LogP contribution < -0.4 is 16.3 Å². The van der Waals surface area contributed by atoms with E-state index in [1.807, 2.05) is 12.2 Å². The van der Waals surface area contributed by atoms with Gasteiger partial charge < -0.3 is 14.6 Å². The van der Waals surface area contributed by atoms with Crippen molar-refractivity contribution in [3.05, 3.63) is 89.4 Å². The number of hydrazine groups is 3. The molecule has 2 heterocycles. The third kappa shape index (κ3) is 4.36. The fraction of sp³-hybridized carbons (Fsp3) is 0.143. The number of amides is 1. The maximum atomic E-state index is 12.7. The van der Waals surface area contributed by atoms with Gasteiger partial charge in [0.15, 0.2) is 5.76 Å². The van der Waals surface area contributed by atoms with Crippen LogP contribution in [-0.2, 0) is 25.5 Å². The smallest absolute Gasteiger partial charge is 0.307 e. The Hall–Kier alpha value is -3.98. The van der Waals surface area contributed by atoms with E-state index in [9.17, 15) is 9.59 Å². The molecule has 1 amide bonds. The van der Waals surface area contributed by atoms with Crippen LogP contribution in [0.3, 0.4) is 0 Å². The minimum absolute atomic E-state index is 0.0512. The lowest BCUT2D eigenvalue weighted by molar-refractivity contribution is -0.136. The van der Waals surface area contributed by atoms with Gasteiger partial charge in [0.2, 0.25) is 0 Å². The van der Waals surface area contributed by atoms with Crippen LogP contribution in [-0.4, -0.2) is 22.2 Å². The highest BCUT2D eigenvalue weighted by atomic mass is 16.5. The number of hydrogen-bond acceptors (Lipinski definition) is 7. The summed E-state index contributed by atoms with van der Waals surface area (Å²) in [5.74, 6) is -0.803. The average Bonchev–Trinajstić information content (AvgIpc) is 3.10. The molecule has 0 bridgehead atoms. The number of hydrogen-bond donors (Lipinski definition) is 4. The van der Waals surface area contributed by atoms with Gasteiger partial charge in [-0.3, -0.25) is 20.4 Å². The molecule has 0 unspecified atom stereocenters. The second-order valence-electron chi connectivity index (χ2n) is 6.68. The maximum Gasteiger partial charge on any atom is 0.307 e. The van der Waals surface area contributed by atoms with E-state index >= 15 is 0 Å². The summed E-state index contributed by atoms with van der Waals surface area (Å²) in [6, 6.07) is 6.88. The molecule has 1 saturated heterocycles. The topological polar surface area (TPSA) is 112 Å². The molecule has 4 rings (SSSR count). The summed E-state index contributed by atoms with van der Waals surface area (Å²) in [6.45, 7) is 0. The quantitative estimate of drug-likeness (QED) is 0.531. The van der Waals surface area contributed by atoms with Gasteiger partial charge >= 0.3 is 5.97 Å². The summed E-state index contributed by atoms with van der Waals surface area (Å²) in [6.07, 6.45) is 11.8. The Morgan fingerprint density at radius 1 is 1.20 bits per heavy atom. The fourth-order valence-electron chi connectivity index (χ4n) is 3.21. The number of ether oxygens (including phenoxy) is 2. The molecule has 0 aromatic heterocycles. The van der Waals surface area contributed by atoms with Crippen LogP contribution in [0.5, 0.6) is 0 Å². The van der Waals surface area contributed by atoms with E-state index in [0.29, 0.717) is 28.3 Å². The SMILES string of the molecule is O=C(O)Cc1ccc(NN2NC(=O)C(=C(C3=CC=CCC3)C3=COC=CO3)N2)cc1. The van der Waals surface area contributed by atoms with Gasteiger partial charge in [-0.15, -0.1) is 0 Å². The van der Waals surface area contributed by atoms with Crippen molar-refractivity contribution in [2.24, 2.45) is 0 Å². The number of anilines is 1. The molecule has 154 valence electrons. The Morgan fingerprint density at radius 3 is 2.70 bits per heavy atom. The largest absolute Gasteiger partial charge is 0.481 e. The van der Waals surface area contributed by atoms with Crippen molar-refractivity contribution in [1.82, 2.24) is 16.1 Å². The zero-order valence-corrected chi connectivity index (χ0v) is 15.9. The Morgan fingerprint density at radius 2 is 2.03 bits per heavy atom. The Kier molecular flexibility index (Phi) is 5.53. The summed E-state index contributed by atoms with van der Waals surface area (Å²) in [5.41, 5.74) is 11.9. The lowest BCUT2D eigenvalue weighted by Crippen LogP contribution is -2.43. The second-order valence-corrected chi connectivity index (χ2v) is 6.68. The van der Waals surface area contributed by atoms with Crippen LogP contribution in [0.1, 0.15) is 18.4 Å². The van der Waals surface area contributed by atoms with Gasteiger partial charge in [0.1, 0.15) is 24.5 Å². The highest BCUT2D eigenvalue weighted by Gasteiger charge is 2.31. The van der Waals surface area contributed by atoms with Crippen molar-refractivity contribution in [3.63, 3.8) is 0 Å². The third-order valence-corrected chi connectivity index (χ3v) is 4.55. The van der Waals surface area contributed by atoms with E-state index in [0.717, 1.165) is 18.4 Å². The van der Waals surface area contributed by atoms with Gasteiger partial charge in [-0.1, -0.05) is 30.4 Å². The van der Waals surface area contributed by atoms with Crippen molar-refractivity contribution in [3.8, 4) is 0 Å². The molecule has 1 aliphatic carbocycles. The Bertz CT molecular complexity index is 1000. The first-order chi connectivity index (χ1) is 14.6. The molecular weight excluding hydrogens is 388 g/mol. The van der Waals surface area contributed by atoms with E-state index < -0.39 is 5.97 Å². The molecule has 1 aromatic rings. The van der Waals surface area contributed by atoms with Gasteiger partial charge in [-0.25, -0.2) is 5.43 Å². The molecule has 9 nitrogen and oxygen atoms in total. The number of aliphatic carboxylic acids is 1. The number of nitrogens with one attached hydrogen (secondary N) is 3. The van der Waals surface area contributed by atoms with Crippen LogP contribution in [0.2, 0.25) is 0 Å². The molecule has 0 atom stereocenters. The van der Waals surface area contributed by atoms with E-state index in [1.165, 1.54) is 24.0 Å². The number of benzene rings is 1. The first-order valence-electron chi connectivity index (χ1n) is 9.33. The minimum atomic E-state index is -0.892. The number of rotatable bonds is 6. The van der Waals surface area contributed by atoms with Gasteiger partial charge in [0.05, 0.1) is 17.7 Å². The first kappa shape index (κ1) is 19.3. The summed E-state index contributed by atoms with van der Waals surface area (Å²) in [5, 5.41) is 10.2. The first-order valence-corrected chi connectivity index (χ1v) is 9.33. The Labute approximate surface area is 172 Å². The Balaban J connectivity index is 1.56. The maximum absolute atomic E-state index is 12.7. The van der Waals surface area contributed by atoms with Crippen molar-refractivity contribution >= 4 is 17.6 Å². The predicted octanol–water partition coefficient (Wildman–Crippen LogP) is 2.38. The zero-order valence-electron chi connectivity index (χ0n) is 15.9. The molecule has 2 aliphatic heterocycles. The summed E-state index contributed by atoms with van der Waals surface area (Å²) >= 11 is 0. The van der Waals surface area contributed by atoms with Crippen LogP contribution in [0.15, 0.2) is 83.9 Å². The number of carboxylic acids is 1. The highest BCUT2D eigenvalue weighted by molar-refractivity contribution is 5.96. The van der Waals surface area contributed by atoms with Crippen molar-refractivity contribution < 1.29 is 24.2 Å². The standard InChI is InChI=1S/C21H20N4O5/c26-18(27)12-14-6-8-16(9-7-14)22-25-23-20(21(28)24-25)19(15-4-2-1-3-5-15)17-13-29-10-11-30-17/h1-2,4,6-11,13,22-23H,3,5,12H2,(H,24,28)(H,26,27). The molecule has 0 saturated carbocycles. The molecule has 9 heteroatoms. The number of carbonyl (C=O) groups excluding carboxylic acids is 1. The predicted molar refractivity (Wildman–Crippen MR) is 107 cm³/mol. The number of carbonyl (C=O) groups is 2. The van der Waals surface area contributed by atoms with Crippen molar-refractivity contribution in [2.75, 3.05) is 5.43 Å². The second kappa shape index (κ2) is 8.58. The lowest BCUT2D eigenvalue weighted by atomic mass is 9.94. The van der Waals surface area contributed by atoms with Crippen LogP contribution in [0, 0.1) is 0 Å². The monoisotopic (exact) mass is 408 g/mol. The molecule has 30 heavy (non-hydrogen) atoms. The van der Waals surface area contributed by atoms with Gasteiger partial charge in [-0.2, -0.15) is 0 Å². The lowest BCUT2D eigenvalue weighted by Gasteiger charge is -2.20. The van der Waals surface area contributed by atoms with Crippen molar-refractivity contribution in [2.45, 2.75) is 19.3 Å². The minimum Gasteiger partial charge on any atom is -0.481 e. The molecule has 0 radical (unpaired) electrons. The summed E-state index contributed by atoms with van der Waals surface area (Å²) in [4.78, 5) is 23.5. The number of allylic oxidation sites excluding steroid dienone is 4. The van der Waals surface area contributed by atoms with Gasteiger partial charge in [-0.05, 0) is 41.3 Å². The van der Waals surface area contributed by atoms with Crippen LogP contribution in [0.4, 0.5) is 5.69 Å². The number of carboxylic acid groups (broad SMARTS) is 1. The molecular formula is C21H20N4O5. The average molecular weight is 408 g/mol. The fourth-order valence-corrected chi connectivity index (χ4v) is 3.21. The van der Waals surface area contributed by atoms with E-state index in [1.54, 1.807) is 24.3 Å². The van der Waals surface area contributed by atoms with Crippen LogP contribution in [0.25, 0.3) is 0 Å². The normalized spacial score (nSPS) is 19.7. The molecule has 0 spiro atoms. The van der Waals surface area contributed by atoms with E-state index in [2.05, 4.69) is 22.4 Å². The van der Waals surface area contributed by atoms with Gasteiger partial charge in [0.25, 0.3) is 5.91 Å². The molecule has 4 N–H and O–H groups in total. The number of nitrogens with zero attached hydrogens (tertiary/aromatic N) is 1. The van der Waals surface area contributed by atoms with Crippen molar-refractivity contribution in [1.29, 1.82) is 0 Å². The van der Waals surface area contributed by atoms with E-state index in [4.69, 9.17) is 14.6 Å².